The molecule has 2 rings (SSSR count). The molecule has 0 N–H and O–H groups in total. The van der Waals surface area contributed by atoms with Gasteiger partial charge in [-0.05, 0) is 31.5 Å². The average Bonchev–Trinajstić information content (AvgIpc) is 2.38. The summed E-state index contributed by atoms with van der Waals surface area (Å²) in [6.45, 7) is 5.36. The summed E-state index contributed by atoms with van der Waals surface area (Å²) in [7, 11) is 0. The van der Waals surface area contributed by atoms with Crippen molar-refractivity contribution in [2.24, 2.45) is 0 Å². The van der Waals surface area contributed by atoms with Crippen molar-refractivity contribution < 1.29 is 9.59 Å². The first kappa shape index (κ1) is 14.9. The molecule has 0 saturated carbocycles. The van der Waals surface area contributed by atoms with E-state index in [1.165, 1.54) is 0 Å². The lowest BCUT2D eigenvalue weighted by molar-refractivity contribution is -0.146. The van der Waals surface area contributed by atoms with Crippen LogP contribution in [0.3, 0.4) is 0 Å². The zero-order valence-electron chi connectivity index (χ0n) is 11.8. The maximum Gasteiger partial charge on any atom is 0.242 e. The summed E-state index contributed by atoms with van der Waals surface area (Å²) in [5.74, 6) is -0.00489. The molecule has 108 valence electrons. The van der Waals surface area contributed by atoms with Crippen LogP contribution in [0.5, 0.6) is 0 Å². The van der Waals surface area contributed by atoms with E-state index in [-0.39, 0.29) is 30.8 Å². The zero-order chi connectivity index (χ0) is 14.7. The summed E-state index contributed by atoms with van der Waals surface area (Å²) < 4.78 is 0. The number of hydrogen-bond acceptors (Lipinski definition) is 2. The van der Waals surface area contributed by atoms with Gasteiger partial charge in [0.2, 0.25) is 11.8 Å². The topological polar surface area (TPSA) is 40.6 Å². The van der Waals surface area contributed by atoms with E-state index in [0.717, 1.165) is 5.56 Å². The Morgan fingerprint density at radius 2 is 2.10 bits per heavy atom. The summed E-state index contributed by atoms with van der Waals surface area (Å²) in [5.41, 5.74) is 0.876. The van der Waals surface area contributed by atoms with Gasteiger partial charge >= 0.3 is 0 Å². The Hall–Kier alpha value is -1.55. The fraction of sp³-hybridized carbons (Fsp3) is 0.467. The van der Waals surface area contributed by atoms with Crippen molar-refractivity contribution in [1.29, 1.82) is 0 Å². The van der Waals surface area contributed by atoms with Crippen LogP contribution in [0.15, 0.2) is 24.3 Å². The SMILES string of the molecule is CC(C)N1CCN(C(=O)Cc2cccc(Cl)c2)CC1=O. The number of rotatable bonds is 3. The van der Waals surface area contributed by atoms with E-state index in [2.05, 4.69) is 0 Å². The minimum Gasteiger partial charge on any atom is -0.337 e. The predicted molar refractivity (Wildman–Crippen MR) is 78.6 cm³/mol. The summed E-state index contributed by atoms with van der Waals surface area (Å²) in [4.78, 5) is 27.6. The van der Waals surface area contributed by atoms with Gasteiger partial charge in [0.15, 0.2) is 0 Å². The number of carbonyl (C=O) groups is 2. The molecule has 0 spiro atoms. The van der Waals surface area contributed by atoms with Gasteiger partial charge in [-0.2, -0.15) is 0 Å². The van der Waals surface area contributed by atoms with Crippen LogP contribution in [-0.2, 0) is 16.0 Å². The number of hydrogen-bond donors (Lipinski definition) is 0. The summed E-state index contributed by atoms with van der Waals surface area (Å²) in [5, 5.41) is 0.621. The Bertz CT molecular complexity index is 516. The molecule has 2 amide bonds. The molecular weight excluding hydrogens is 276 g/mol. The number of nitrogens with zero attached hydrogens (tertiary/aromatic N) is 2. The minimum atomic E-state index is -0.0241. The highest BCUT2D eigenvalue weighted by Crippen LogP contribution is 2.13. The van der Waals surface area contributed by atoms with E-state index in [9.17, 15) is 9.59 Å². The van der Waals surface area contributed by atoms with Crippen LogP contribution in [0.1, 0.15) is 19.4 Å². The average molecular weight is 295 g/mol. The lowest BCUT2D eigenvalue weighted by atomic mass is 10.1. The van der Waals surface area contributed by atoms with Crippen molar-refractivity contribution in [3.63, 3.8) is 0 Å². The van der Waals surface area contributed by atoms with Gasteiger partial charge in [-0.3, -0.25) is 9.59 Å². The number of carbonyl (C=O) groups excluding carboxylic acids is 2. The van der Waals surface area contributed by atoms with Gasteiger partial charge in [0, 0.05) is 24.2 Å². The van der Waals surface area contributed by atoms with Crippen molar-refractivity contribution in [2.45, 2.75) is 26.3 Å². The first-order valence-electron chi connectivity index (χ1n) is 6.79. The van der Waals surface area contributed by atoms with Crippen LogP contribution in [-0.4, -0.2) is 47.3 Å². The third-order valence-corrected chi connectivity index (χ3v) is 3.71. The number of amides is 2. The van der Waals surface area contributed by atoms with E-state index >= 15 is 0 Å². The van der Waals surface area contributed by atoms with Crippen LogP contribution in [0, 0.1) is 0 Å². The molecule has 0 aromatic heterocycles. The molecule has 20 heavy (non-hydrogen) atoms. The number of benzene rings is 1. The largest absolute Gasteiger partial charge is 0.337 e. The molecule has 1 aromatic carbocycles. The molecule has 1 aliphatic rings. The summed E-state index contributed by atoms with van der Waals surface area (Å²) >= 11 is 5.91. The third kappa shape index (κ3) is 3.51. The Kier molecular flexibility index (Phi) is 4.65. The summed E-state index contributed by atoms with van der Waals surface area (Å²) in [6, 6.07) is 7.45. The van der Waals surface area contributed by atoms with Gasteiger partial charge in [-0.1, -0.05) is 23.7 Å². The highest BCUT2D eigenvalue weighted by atomic mass is 35.5. The van der Waals surface area contributed by atoms with Crippen LogP contribution in [0.4, 0.5) is 0 Å². The molecule has 1 aromatic rings. The van der Waals surface area contributed by atoms with Gasteiger partial charge in [0.05, 0.1) is 13.0 Å². The molecule has 0 unspecified atom stereocenters. The standard InChI is InChI=1S/C15H19ClN2O2/c1-11(2)18-7-6-17(10-15(18)20)14(19)9-12-4-3-5-13(16)8-12/h3-5,8,11H,6-7,9-10H2,1-2H3. The fourth-order valence-electron chi connectivity index (χ4n) is 2.38. The smallest absolute Gasteiger partial charge is 0.242 e. The van der Waals surface area contributed by atoms with E-state index in [1.54, 1.807) is 17.0 Å². The molecule has 0 bridgehead atoms. The second kappa shape index (κ2) is 6.27. The van der Waals surface area contributed by atoms with E-state index in [0.29, 0.717) is 18.1 Å². The number of halogens is 1. The van der Waals surface area contributed by atoms with Crippen LogP contribution in [0.2, 0.25) is 5.02 Å². The lowest BCUT2D eigenvalue weighted by Gasteiger charge is -2.36. The molecule has 5 heteroatoms. The molecule has 1 saturated heterocycles. The number of piperazine rings is 1. The molecule has 1 fully saturated rings. The Morgan fingerprint density at radius 1 is 1.35 bits per heavy atom. The van der Waals surface area contributed by atoms with Crippen LogP contribution >= 0.6 is 11.6 Å². The van der Waals surface area contributed by atoms with E-state index < -0.39 is 0 Å². The molecule has 1 aliphatic heterocycles. The molecule has 0 atom stereocenters. The Balaban J connectivity index is 1.96. The maximum absolute atomic E-state index is 12.2. The Labute approximate surface area is 124 Å². The Morgan fingerprint density at radius 3 is 2.70 bits per heavy atom. The lowest BCUT2D eigenvalue weighted by Crippen LogP contribution is -2.54. The first-order valence-corrected chi connectivity index (χ1v) is 7.17. The van der Waals surface area contributed by atoms with Crippen molar-refractivity contribution >= 4 is 23.4 Å². The molecule has 0 radical (unpaired) electrons. The molecule has 0 aliphatic carbocycles. The highest BCUT2D eigenvalue weighted by molar-refractivity contribution is 6.30. The monoisotopic (exact) mass is 294 g/mol. The molecular formula is C15H19ClN2O2. The second-order valence-corrected chi connectivity index (χ2v) is 5.74. The van der Waals surface area contributed by atoms with Gasteiger partial charge in [0.1, 0.15) is 0 Å². The van der Waals surface area contributed by atoms with Crippen molar-refractivity contribution in [2.75, 3.05) is 19.6 Å². The van der Waals surface area contributed by atoms with E-state index in [4.69, 9.17) is 11.6 Å². The van der Waals surface area contributed by atoms with Gasteiger partial charge in [-0.15, -0.1) is 0 Å². The van der Waals surface area contributed by atoms with Gasteiger partial charge in [-0.25, -0.2) is 0 Å². The predicted octanol–water partition coefficient (Wildman–Crippen LogP) is 1.96. The summed E-state index contributed by atoms with van der Waals surface area (Å²) in [6.07, 6.45) is 0.287. The minimum absolute atomic E-state index is 0.0192. The fourth-order valence-corrected chi connectivity index (χ4v) is 2.59. The molecule has 1 heterocycles. The maximum atomic E-state index is 12.2. The zero-order valence-corrected chi connectivity index (χ0v) is 12.6. The highest BCUT2D eigenvalue weighted by Gasteiger charge is 2.28. The van der Waals surface area contributed by atoms with Crippen LogP contribution in [0.25, 0.3) is 0 Å². The van der Waals surface area contributed by atoms with Gasteiger partial charge in [0.25, 0.3) is 0 Å². The molecule has 4 nitrogen and oxygen atoms in total. The van der Waals surface area contributed by atoms with Crippen LogP contribution < -0.4 is 0 Å². The van der Waals surface area contributed by atoms with Gasteiger partial charge < -0.3 is 9.80 Å². The van der Waals surface area contributed by atoms with E-state index in [1.807, 2.05) is 30.9 Å². The third-order valence-electron chi connectivity index (χ3n) is 3.48. The normalized spacial score (nSPS) is 15.9. The van der Waals surface area contributed by atoms with Crippen molar-refractivity contribution in [1.82, 2.24) is 9.80 Å². The quantitative estimate of drug-likeness (QED) is 0.855. The van der Waals surface area contributed by atoms with Crippen molar-refractivity contribution in [3.8, 4) is 0 Å². The van der Waals surface area contributed by atoms with Crippen molar-refractivity contribution in [3.05, 3.63) is 34.9 Å². The first-order chi connectivity index (χ1) is 9.47. The second-order valence-electron chi connectivity index (χ2n) is 5.30.